The van der Waals surface area contributed by atoms with Crippen molar-refractivity contribution in [1.82, 2.24) is 19.5 Å². The SMILES string of the molecule is c1ccc2c(N3CCN(Cc4nnc(C5CCOC5)o4)CC3)nsc2c1. The molecular formula is C18H21N5O2S. The van der Waals surface area contributed by atoms with Crippen molar-refractivity contribution in [3.63, 3.8) is 0 Å². The fraction of sp³-hybridized carbons (Fsp3) is 0.500. The van der Waals surface area contributed by atoms with Gasteiger partial charge in [0.2, 0.25) is 11.8 Å². The van der Waals surface area contributed by atoms with Crippen molar-refractivity contribution in [3.8, 4) is 0 Å². The van der Waals surface area contributed by atoms with Gasteiger partial charge in [0.15, 0.2) is 0 Å². The van der Waals surface area contributed by atoms with Gasteiger partial charge < -0.3 is 14.1 Å². The summed E-state index contributed by atoms with van der Waals surface area (Å²) in [6, 6.07) is 8.44. The first kappa shape index (κ1) is 16.2. The highest BCUT2D eigenvalue weighted by molar-refractivity contribution is 7.13. The number of piperazine rings is 1. The molecule has 4 heterocycles. The molecule has 2 saturated heterocycles. The highest BCUT2D eigenvalue weighted by atomic mass is 32.1. The van der Waals surface area contributed by atoms with Gasteiger partial charge in [-0.25, -0.2) is 0 Å². The maximum absolute atomic E-state index is 5.86. The van der Waals surface area contributed by atoms with Crippen LogP contribution in [0.25, 0.3) is 10.1 Å². The predicted octanol–water partition coefficient (Wildman–Crippen LogP) is 2.51. The smallest absolute Gasteiger partial charge is 0.230 e. The summed E-state index contributed by atoms with van der Waals surface area (Å²) in [6.07, 6.45) is 0.974. The molecule has 3 aromatic rings. The van der Waals surface area contributed by atoms with E-state index in [0.29, 0.717) is 19.0 Å². The molecule has 8 heteroatoms. The first-order chi connectivity index (χ1) is 12.9. The molecule has 0 spiro atoms. The minimum Gasteiger partial charge on any atom is -0.423 e. The molecule has 0 aliphatic carbocycles. The van der Waals surface area contributed by atoms with Crippen LogP contribution in [-0.4, -0.2) is 58.9 Å². The van der Waals surface area contributed by atoms with Gasteiger partial charge in [-0.05, 0) is 30.1 Å². The highest BCUT2D eigenvalue weighted by Crippen LogP contribution is 2.30. The molecule has 136 valence electrons. The second kappa shape index (κ2) is 6.94. The zero-order chi connectivity index (χ0) is 17.3. The standard InChI is InChI=1S/C18H21N5O2S/c1-2-4-15-14(3-1)17(21-26-15)23-8-6-22(7-9-23)11-16-19-20-18(25-16)13-5-10-24-12-13/h1-4,13H,5-12H2. The summed E-state index contributed by atoms with van der Waals surface area (Å²) >= 11 is 1.58. The Morgan fingerprint density at radius 3 is 2.85 bits per heavy atom. The zero-order valence-corrected chi connectivity index (χ0v) is 15.3. The largest absolute Gasteiger partial charge is 0.423 e. The molecular weight excluding hydrogens is 350 g/mol. The van der Waals surface area contributed by atoms with Gasteiger partial charge in [-0.1, -0.05) is 12.1 Å². The van der Waals surface area contributed by atoms with Crippen molar-refractivity contribution in [1.29, 1.82) is 0 Å². The van der Waals surface area contributed by atoms with Crippen LogP contribution in [0.1, 0.15) is 24.1 Å². The number of benzene rings is 1. The van der Waals surface area contributed by atoms with E-state index in [1.807, 2.05) is 0 Å². The Hall–Kier alpha value is -2.03. The van der Waals surface area contributed by atoms with Gasteiger partial charge in [0, 0.05) is 38.2 Å². The molecule has 2 fully saturated rings. The van der Waals surface area contributed by atoms with Crippen LogP contribution < -0.4 is 4.90 Å². The number of ether oxygens (including phenoxy) is 1. The van der Waals surface area contributed by atoms with E-state index in [1.165, 1.54) is 10.1 Å². The van der Waals surface area contributed by atoms with Crippen molar-refractivity contribution >= 4 is 27.4 Å². The van der Waals surface area contributed by atoms with Crippen LogP contribution in [0.5, 0.6) is 0 Å². The molecule has 0 radical (unpaired) electrons. The first-order valence-corrected chi connectivity index (χ1v) is 9.86. The van der Waals surface area contributed by atoms with E-state index in [4.69, 9.17) is 9.15 Å². The molecule has 2 aliphatic rings. The van der Waals surface area contributed by atoms with E-state index in [1.54, 1.807) is 11.5 Å². The van der Waals surface area contributed by atoms with Crippen LogP contribution in [0, 0.1) is 0 Å². The lowest BCUT2D eigenvalue weighted by Gasteiger charge is -2.34. The van der Waals surface area contributed by atoms with Gasteiger partial charge >= 0.3 is 0 Å². The third-order valence-corrected chi connectivity index (χ3v) is 5.97. The molecule has 0 N–H and O–H groups in total. The number of aromatic nitrogens is 3. The first-order valence-electron chi connectivity index (χ1n) is 9.08. The molecule has 2 aliphatic heterocycles. The van der Waals surface area contributed by atoms with Crippen LogP contribution in [0.4, 0.5) is 5.82 Å². The number of nitrogens with zero attached hydrogens (tertiary/aromatic N) is 5. The maximum atomic E-state index is 5.86. The molecule has 1 atom stereocenters. The van der Waals surface area contributed by atoms with E-state index in [2.05, 4.69) is 48.6 Å². The van der Waals surface area contributed by atoms with Crippen LogP contribution in [0.2, 0.25) is 0 Å². The van der Waals surface area contributed by atoms with E-state index < -0.39 is 0 Å². The van der Waals surface area contributed by atoms with Gasteiger partial charge in [0.1, 0.15) is 5.82 Å². The van der Waals surface area contributed by atoms with Crippen LogP contribution in [-0.2, 0) is 11.3 Å². The second-order valence-corrected chi connectivity index (χ2v) is 7.67. The zero-order valence-electron chi connectivity index (χ0n) is 14.5. The minimum absolute atomic E-state index is 0.269. The molecule has 7 nitrogen and oxygen atoms in total. The van der Waals surface area contributed by atoms with Gasteiger partial charge in [0.25, 0.3) is 0 Å². The van der Waals surface area contributed by atoms with Crippen LogP contribution in [0.3, 0.4) is 0 Å². The minimum atomic E-state index is 0.269. The number of fused-ring (bicyclic) bond motifs is 1. The molecule has 2 aromatic heterocycles. The van der Waals surface area contributed by atoms with Gasteiger partial charge in [0.05, 0.1) is 23.8 Å². The monoisotopic (exact) mass is 371 g/mol. The van der Waals surface area contributed by atoms with Crippen molar-refractivity contribution in [3.05, 3.63) is 36.0 Å². The topological polar surface area (TPSA) is 67.5 Å². The maximum Gasteiger partial charge on any atom is 0.230 e. The fourth-order valence-corrected chi connectivity index (χ4v) is 4.43. The Morgan fingerprint density at radius 1 is 1.12 bits per heavy atom. The summed E-state index contributed by atoms with van der Waals surface area (Å²) in [4.78, 5) is 4.75. The summed E-state index contributed by atoms with van der Waals surface area (Å²) in [7, 11) is 0. The summed E-state index contributed by atoms with van der Waals surface area (Å²) < 4.78 is 17.2. The Kier molecular flexibility index (Phi) is 4.32. The Morgan fingerprint density at radius 2 is 2.00 bits per heavy atom. The van der Waals surface area contributed by atoms with Crippen molar-refractivity contribution in [2.24, 2.45) is 0 Å². The normalized spacial score (nSPS) is 21.7. The summed E-state index contributed by atoms with van der Waals surface area (Å²) in [6.45, 7) is 6.06. The lowest BCUT2D eigenvalue weighted by atomic mass is 10.1. The molecule has 0 saturated carbocycles. The van der Waals surface area contributed by atoms with Gasteiger partial charge in [-0.15, -0.1) is 10.2 Å². The van der Waals surface area contributed by atoms with Crippen molar-refractivity contribution in [2.45, 2.75) is 18.9 Å². The van der Waals surface area contributed by atoms with Crippen LogP contribution in [0.15, 0.2) is 28.7 Å². The van der Waals surface area contributed by atoms with E-state index in [0.717, 1.165) is 50.9 Å². The molecule has 5 rings (SSSR count). The average Bonchev–Trinajstić information content (AvgIpc) is 3.43. The Labute approximate surface area is 155 Å². The molecule has 0 bridgehead atoms. The summed E-state index contributed by atoms with van der Waals surface area (Å²) in [5, 5.41) is 9.69. The Bertz CT molecular complexity index is 880. The Balaban J connectivity index is 1.21. The average molecular weight is 371 g/mol. The van der Waals surface area contributed by atoms with Crippen molar-refractivity contribution < 1.29 is 9.15 Å². The number of anilines is 1. The summed E-state index contributed by atoms with van der Waals surface area (Å²) in [5.41, 5.74) is 0. The summed E-state index contributed by atoms with van der Waals surface area (Å²) in [5.74, 6) is 2.82. The predicted molar refractivity (Wildman–Crippen MR) is 99.6 cm³/mol. The van der Waals surface area contributed by atoms with Gasteiger partial charge in [-0.2, -0.15) is 4.37 Å². The second-order valence-electron chi connectivity index (χ2n) is 6.86. The van der Waals surface area contributed by atoms with E-state index in [-0.39, 0.29) is 5.92 Å². The third kappa shape index (κ3) is 3.08. The quantitative estimate of drug-likeness (QED) is 0.698. The number of hydrogen-bond acceptors (Lipinski definition) is 8. The van der Waals surface area contributed by atoms with Gasteiger partial charge in [-0.3, -0.25) is 4.90 Å². The lowest BCUT2D eigenvalue weighted by Crippen LogP contribution is -2.46. The van der Waals surface area contributed by atoms with E-state index >= 15 is 0 Å². The highest BCUT2D eigenvalue weighted by Gasteiger charge is 2.25. The van der Waals surface area contributed by atoms with E-state index in [9.17, 15) is 0 Å². The number of hydrogen-bond donors (Lipinski definition) is 0. The fourth-order valence-electron chi connectivity index (χ4n) is 3.63. The van der Waals surface area contributed by atoms with Crippen molar-refractivity contribution in [2.75, 3.05) is 44.3 Å². The molecule has 1 aromatic carbocycles. The van der Waals surface area contributed by atoms with Crippen LogP contribution >= 0.6 is 11.5 Å². The molecule has 26 heavy (non-hydrogen) atoms. The number of rotatable bonds is 4. The lowest BCUT2D eigenvalue weighted by molar-refractivity contribution is 0.189. The molecule has 0 amide bonds. The molecule has 1 unspecified atom stereocenters. The third-order valence-electron chi connectivity index (χ3n) is 5.15.